The molecule has 34 heavy (non-hydrogen) atoms. The molecular formula is C27H23ClN4O2. The second-order valence-electron chi connectivity index (χ2n) is 8.11. The summed E-state index contributed by atoms with van der Waals surface area (Å²) in [6.45, 7) is 2.46. The Morgan fingerprint density at radius 3 is 2.47 bits per heavy atom. The lowest BCUT2D eigenvalue weighted by Crippen LogP contribution is -2.46. The van der Waals surface area contributed by atoms with Gasteiger partial charge in [0.25, 0.3) is 5.89 Å². The minimum atomic E-state index is -0.408. The molecule has 1 aliphatic rings. The molecule has 170 valence electrons. The minimum Gasteiger partial charge on any atom is -0.334 e. The largest absolute Gasteiger partial charge is 0.334 e. The zero-order valence-electron chi connectivity index (χ0n) is 18.6. The van der Waals surface area contributed by atoms with Crippen molar-refractivity contribution in [1.82, 2.24) is 20.4 Å². The Kier molecular flexibility index (Phi) is 6.14. The number of allylic oxidation sites excluding steroid dienone is 1. The highest BCUT2D eigenvalue weighted by Crippen LogP contribution is 2.37. The fourth-order valence-electron chi connectivity index (χ4n) is 4.19. The van der Waals surface area contributed by atoms with Crippen molar-refractivity contribution in [3.63, 3.8) is 0 Å². The summed E-state index contributed by atoms with van der Waals surface area (Å²) < 4.78 is 5.73. The average molecular weight is 471 g/mol. The topological polar surface area (TPSA) is 71.3 Å². The van der Waals surface area contributed by atoms with Gasteiger partial charge in [0.05, 0.1) is 11.6 Å². The fourth-order valence-corrected chi connectivity index (χ4v) is 4.38. The molecule has 2 heterocycles. The molecular weight excluding hydrogens is 448 g/mol. The third-order valence-corrected chi connectivity index (χ3v) is 6.17. The van der Waals surface area contributed by atoms with Crippen LogP contribution in [-0.2, 0) is 6.42 Å². The molecule has 1 unspecified atom stereocenters. The Labute approximate surface area is 202 Å². The van der Waals surface area contributed by atoms with Crippen molar-refractivity contribution in [2.24, 2.45) is 0 Å². The van der Waals surface area contributed by atoms with Crippen molar-refractivity contribution in [3.05, 3.63) is 113 Å². The summed E-state index contributed by atoms with van der Waals surface area (Å²) in [6.07, 6.45) is 0.729. The maximum absolute atomic E-state index is 13.2. The SMILES string of the molecule is CC1=C(c2nc(-c3cccc(Cl)c3)no2)C(c2ccccc2)NC(=O)N1CCc1ccccc1. The summed E-state index contributed by atoms with van der Waals surface area (Å²) in [6, 6.07) is 26.7. The molecule has 1 atom stereocenters. The number of benzene rings is 3. The van der Waals surface area contributed by atoms with Crippen molar-refractivity contribution in [1.29, 1.82) is 0 Å². The van der Waals surface area contributed by atoms with Gasteiger partial charge in [-0.05, 0) is 36.6 Å². The van der Waals surface area contributed by atoms with Crippen LogP contribution in [0, 0.1) is 0 Å². The van der Waals surface area contributed by atoms with E-state index in [1.165, 1.54) is 0 Å². The number of aromatic nitrogens is 2. The van der Waals surface area contributed by atoms with E-state index in [9.17, 15) is 4.79 Å². The number of nitrogens with one attached hydrogen (secondary N) is 1. The number of hydrogen-bond acceptors (Lipinski definition) is 4. The van der Waals surface area contributed by atoms with Gasteiger partial charge in [-0.15, -0.1) is 0 Å². The van der Waals surface area contributed by atoms with Crippen LogP contribution in [0.2, 0.25) is 5.02 Å². The number of hydrogen-bond donors (Lipinski definition) is 1. The molecule has 6 nitrogen and oxygen atoms in total. The molecule has 0 saturated heterocycles. The molecule has 0 radical (unpaired) electrons. The lowest BCUT2D eigenvalue weighted by molar-refractivity contribution is 0.205. The Balaban J connectivity index is 1.54. The van der Waals surface area contributed by atoms with Crippen LogP contribution in [0.5, 0.6) is 0 Å². The molecule has 4 aromatic rings. The molecule has 0 fully saturated rings. The van der Waals surface area contributed by atoms with Crippen LogP contribution in [0.15, 0.2) is 95.1 Å². The second-order valence-corrected chi connectivity index (χ2v) is 8.55. The molecule has 7 heteroatoms. The van der Waals surface area contributed by atoms with Gasteiger partial charge in [-0.3, -0.25) is 4.90 Å². The van der Waals surface area contributed by atoms with Gasteiger partial charge in [-0.1, -0.05) is 89.6 Å². The highest BCUT2D eigenvalue weighted by molar-refractivity contribution is 6.30. The summed E-state index contributed by atoms with van der Waals surface area (Å²) in [5.74, 6) is 0.809. The minimum absolute atomic E-state index is 0.152. The molecule has 1 N–H and O–H groups in total. The van der Waals surface area contributed by atoms with Gasteiger partial charge >= 0.3 is 6.03 Å². The van der Waals surface area contributed by atoms with Crippen molar-refractivity contribution in [2.45, 2.75) is 19.4 Å². The van der Waals surface area contributed by atoms with Crippen molar-refractivity contribution in [3.8, 4) is 11.4 Å². The van der Waals surface area contributed by atoms with E-state index >= 15 is 0 Å². The van der Waals surface area contributed by atoms with Gasteiger partial charge < -0.3 is 9.84 Å². The molecule has 3 aromatic carbocycles. The van der Waals surface area contributed by atoms with Gasteiger partial charge in [0.1, 0.15) is 0 Å². The number of carbonyl (C=O) groups excluding carboxylic acids is 1. The van der Waals surface area contributed by atoms with Crippen LogP contribution in [-0.4, -0.2) is 27.6 Å². The predicted octanol–water partition coefficient (Wildman–Crippen LogP) is 6.13. The van der Waals surface area contributed by atoms with Crippen LogP contribution in [0.4, 0.5) is 4.79 Å². The van der Waals surface area contributed by atoms with Crippen LogP contribution >= 0.6 is 11.6 Å². The lowest BCUT2D eigenvalue weighted by Gasteiger charge is -2.35. The first-order chi connectivity index (χ1) is 16.6. The summed E-state index contributed by atoms with van der Waals surface area (Å²) >= 11 is 6.15. The highest BCUT2D eigenvalue weighted by Gasteiger charge is 2.35. The zero-order valence-corrected chi connectivity index (χ0v) is 19.4. The zero-order chi connectivity index (χ0) is 23.5. The van der Waals surface area contributed by atoms with Gasteiger partial charge in [0, 0.05) is 22.8 Å². The quantitative estimate of drug-likeness (QED) is 0.368. The number of nitrogens with zero attached hydrogens (tertiary/aromatic N) is 3. The normalized spacial score (nSPS) is 16.0. The van der Waals surface area contributed by atoms with Gasteiger partial charge in [0.2, 0.25) is 5.82 Å². The van der Waals surface area contributed by atoms with E-state index in [0.717, 1.165) is 34.4 Å². The van der Waals surface area contributed by atoms with Crippen molar-refractivity contribution < 1.29 is 9.32 Å². The summed E-state index contributed by atoms with van der Waals surface area (Å²) in [5.41, 5.74) is 4.43. The van der Waals surface area contributed by atoms with E-state index in [-0.39, 0.29) is 6.03 Å². The Hall–Kier alpha value is -3.90. The molecule has 0 spiro atoms. The summed E-state index contributed by atoms with van der Waals surface area (Å²) in [5, 5.41) is 7.92. The summed E-state index contributed by atoms with van der Waals surface area (Å²) in [7, 11) is 0. The number of amides is 2. The first-order valence-electron chi connectivity index (χ1n) is 11.1. The molecule has 5 rings (SSSR count). The third kappa shape index (κ3) is 4.45. The second kappa shape index (κ2) is 9.53. The van der Waals surface area contributed by atoms with Crippen molar-refractivity contribution in [2.75, 3.05) is 6.54 Å². The third-order valence-electron chi connectivity index (χ3n) is 5.94. The van der Waals surface area contributed by atoms with E-state index in [1.54, 1.807) is 17.0 Å². The monoisotopic (exact) mass is 470 g/mol. The Morgan fingerprint density at radius 2 is 1.74 bits per heavy atom. The smallest absolute Gasteiger partial charge is 0.322 e. The standard InChI is InChI=1S/C27H23ClN4O2/c1-18-23(26-30-25(31-34-26)21-13-8-14-22(28)17-21)24(20-11-6-3-7-12-20)29-27(33)32(18)16-15-19-9-4-2-5-10-19/h2-14,17,24H,15-16H2,1H3,(H,29,33). The maximum atomic E-state index is 13.2. The molecule has 1 aromatic heterocycles. The number of halogens is 1. The first kappa shape index (κ1) is 21.9. The maximum Gasteiger partial charge on any atom is 0.322 e. The van der Waals surface area contributed by atoms with Gasteiger partial charge in [-0.25, -0.2) is 4.79 Å². The molecule has 0 aliphatic carbocycles. The fraction of sp³-hybridized carbons (Fsp3) is 0.148. The number of urea groups is 1. The van der Waals surface area contributed by atoms with Gasteiger partial charge in [-0.2, -0.15) is 4.98 Å². The van der Waals surface area contributed by atoms with Crippen LogP contribution in [0.1, 0.15) is 30.0 Å². The number of carbonyl (C=O) groups is 1. The van der Waals surface area contributed by atoms with E-state index in [1.807, 2.05) is 67.6 Å². The van der Waals surface area contributed by atoms with Crippen LogP contribution < -0.4 is 5.32 Å². The lowest BCUT2D eigenvalue weighted by atomic mass is 9.94. The van der Waals surface area contributed by atoms with Crippen molar-refractivity contribution >= 4 is 23.2 Å². The summed E-state index contributed by atoms with van der Waals surface area (Å²) in [4.78, 5) is 19.6. The van der Waals surface area contributed by atoms with E-state index in [2.05, 4.69) is 27.6 Å². The molecule has 1 aliphatic heterocycles. The molecule has 2 amide bonds. The Morgan fingerprint density at radius 1 is 1.00 bits per heavy atom. The van der Waals surface area contributed by atoms with Crippen LogP contribution in [0.25, 0.3) is 17.0 Å². The van der Waals surface area contributed by atoms with Crippen LogP contribution in [0.3, 0.4) is 0 Å². The van der Waals surface area contributed by atoms with E-state index in [4.69, 9.17) is 16.1 Å². The van der Waals surface area contributed by atoms with Gasteiger partial charge in [0.15, 0.2) is 0 Å². The predicted molar refractivity (Wildman–Crippen MR) is 132 cm³/mol. The molecule has 0 bridgehead atoms. The Bertz CT molecular complexity index is 1340. The first-order valence-corrected chi connectivity index (χ1v) is 11.5. The van der Waals surface area contributed by atoms with E-state index in [0.29, 0.717) is 23.3 Å². The highest BCUT2D eigenvalue weighted by atomic mass is 35.5. The van der Waals surface area contributed by atoms with E-state index < -0.39 is 6.04 Å². The molecule has 0 saturated carbocycles. The average Bonchev–Trinajstić information content (AvgIpc) is 3.34. The number of rotatable bonds is 6.